The van der Waals surface area contributed by atoms with Crippen molar-refractivity contribution in [3.8, 4) is 11.5 Å². The Labute approximate surface area is 202 Å². The third-order valence-electron chi connectivity index (χ3n) is 5.17. The first-order valence-electron chi connectivity index (χ1n) is 11.1. The number of amides is 2. The first-order chi connectivity index (χ1) is 15.4. The summed E-state index contributed by atoms with van der Waals surface area (Å²) in [6.45, 7) is 11.5. The molecule has 0 saturated carbocycles. The van der Waals surface area contributed by atoms with Crippen LogP contribution in [0.15, 0.2) is 36.4 Å². The van der Waals surface area contributed by atoms with Crippen LogP contribution in [0.1, 0.15) is 50.8 Å². The highest BCUT2D eigenvalue weighted by molar-refractivity contribution is 6.32. The number of ether oxygens (including phenoxy) is 2. The number of carbonyl (C=O) groups excluding carboxylic acids is 2. The van der Waals surface area contributed by atoms with Gasteiger partial charge in [-0.25, -0.2) is 0 Å². The minimum absolute atomic E-state index is 0.185. The SMILES string of the molecule is CC[C@@H](C(=O)NC(C)(C)C)N(Cc1ccc(OC)cc1)C(=O)COc1cc(C)c(Cl)c(C)c1. The molecule has 0 unspecified atom stereocenters. The summed E-state index contributed by atoms with van der Waals surface area (Å²) in [5.74, 6) is 0.835. The predicted molar refractivity (Wildman–Crippen MR) is 132 cm³/mol. The smallest absolute Gasteiger partial charge is 0.261 e. The number of nitrogens with one attached hydrogen (secondary N) is 1. The van der Waals surface area contributed by atoms with Gasteiger partial charge >= 0.3 is 0 Å². The zero-order chi connectivity index (χ0) is 24.8. The Morgan fingerprint density at radius 1 is 1.06 bits per heavy atom. The summed E-state index contributed by atoms with van der Waals surface area (Å²) in [7, 11) is 1.60. The standard InChI is InChI=1S/C26H35ClN2O4/c1-8-22(25(31)28-26(4,5)6)29(15-19-9-11-20(32-7)12-10-19)23(30)16-33-21-13-17(2)24(27)18(3)14-21/h9-14,22H,8,15-16H2,1-7H3,(H,28,31)/t22-/m0/s1. The highest BCUT2D eigenvalue weighted by Gasteiger charge is 2.31. The number of aryl methyl sites for hydroxylation is 2. The van der Waals surface area contributed by atoms with Crippen LogP contribution in [0.3, 0.4) is 0 Å². The third kappa shape index (κ3) is 7.67. The average Bonchev–Trinajstić information content (AvgIpc) is 2.74. The van der Waals surface area contributed by atoms with Crippen molar-refractivity contribution in [2.45, 2.75) is 66.1 Å². The van der Waals surface area contributed by atoms with Crippen molar-refractivity contribution < 1.29 is 19.1 Å². The molecule has 0 spiro atoms. The average molecular weight is 475 g/mol. The molecule has 0 aliphatic carbocycles. The van der Waals surface area contributed by atoms with Crippen molar-refractivity contribution >= 4 is 23.4 Å². The molecular formula is C26H35ClN2O4. The van der Waals surface area contributed by atoms with Crippen LogP contribution in [0, 0.1) is 13.8 Å². The van der Waals surface area contributed by atoms with Crippen LogP contribution >= 0.6 is 11.6 Å². The molecule has 33 heavy (non-hydrogen) atoms. The molecule has 0 heterocycles. The van der Waals surface area contributed by atoms with E-state index in [9.17, 15) is 9.59 Å². The second-order valence-corrected chi connectivity index (χ2v) is 9.57. The number of halogens is 1. The minimum Gasteiger partial charge on any atom is -0.497 e. The maximum absolute atomic E-state index is 13.3. The van der Waals surface area contributed by atoms with Gasteiger partial charge in [0, 0.05) is 17.1 Å². The number of benzene rings is 2. The van der Waals surface area contributed by atoms with Gasteiger partial charge < -0.3 is 19.7 Å². The Morgan fingerprint density at radius 3 is 2.12 bits per heavy atom. The molecule has 0 aliphatic heterocycles. The van der Waals surface area contributed by atoms with Crippen LogP contribution in [0.5, 0.6) is 11.5 Å². The van der Waals surface area contributed by atoms with Crippen molar-refractivity contribution in [3.05, 3.63) is 58.1 Å². The predicted octanol–water partition coefficient (Wildman–Crippen LogP) is 5.07. The van der Waals surface area contributed by atoms with E-state index in [4.69, 9.17) is 21.1 Å². The Morgan fingerprint density at radius 2 is 1.64 bits per heavy atom. The monoisotopic (exact) mass is 474 g/mol. The molecule has 0 fully saturated rings. The van der Waals surface area contributed by atoms with Crippen LogP contribution in [0.4, 0.5) is 0 Å². The van der Waals surface area contributed by atoms with Crippen molar-refractivity contribution in [1.29, 1.82) is 0 Å². The number of methoxy groups -OCH3 is 1. The van der Waals surface area contributed by atoms with E-state index in [1.807, 2.05) is 65.8 Å². The van der Waals surface area contributed by atoms with Gasteiger partial charge in [0.05, 0.1) is 7.11 Å². The van der Waals surface area contributed by atoms with Crippen LogP contribution in [0.25, 0.3) is 0 Å². The van der Waals surface area contributed by atoms with E-state index in [0.29, 0.717) is 17.2 Å². The van der Waals surface area contributed by atoms with E-state index < -0.39 is 11.6 Å². The van der Waals surface area contributed by atoms with Crippen molar-refractivity contribution in [2.24, 2.45) is 0 Å². The second-order valence-electron chi connectivity index (χ2n) is 9.19. The number of rotatable bonds is 9. The lowest BCUT2D eigenvalue weighted by molar-refractivity contribution is -0.143. The third-order valence-corrected chi connectivity index (χ3v) is 5.76. The minimum atomic E-state index is -0.629. The fourth-order valence-corrected chi connectivity index (χ4v) is 3.63. The van der Waals surface area contributed by atoms with Gasteiger partial charge in [0.15, 0.2) is 6.61 Å². The van der Waals surface area contributed by atoms with Crippen molar-refractivity contribution in [2.75, 3.05) is 13.7 Å². The fraction of sp³-hybridized carbons (Fsp3) is 0.462. The van der Waals surface area contributed by atoms with Crippen molar-refractivity contribution in [1.82, 2.24) is 10.2 Å². The molecule has 0 saturated heterocycles. The van der Waals surface area contributed by atoms with Gasteiger partial charge in [-0.15, -0.1) is 0 Å². The molecule has 2 amide bonds. The van der Waals surface area contributed by atoms with Gasteiger partial charge in [-0.3, -0.25) is 9.59 Å². The lowest BCUT2D eigenvalue weighted by Gasteiger charge is -2.33. The van der Waals surface area contributed by atoms with E-state index in [1.165, 1.54) is 0 Å². The Hall–Kier alpha value is -2.73. The first-order valence-corrected chi connectivity index (χ1v) is 11.5. The lowest BCUT2D eigenvalue weighted by Crippen LogP contribution is -2.54. The number of hydrogen-bond donors (Lipinski definition) is 1. The zero-order valence-corrected chi connectivity index (χ0v) is 21.4. The molecule has 0 aliphatic rings. The van der Waals surface area contributed by atoms with E-state index >= 15 is 0 Å². The maximum atomic E-state index is 13.3. The molecule has 7 heteroatoms. The first kappa shape index (κ1) is 26.5. The topological polar surface area (TPSA) is 67.9 Å². The van der Waals surface area contributed by atoms with E-state index in [1.54, 1.807) is 24.1 Å². The summed E-state index contributed by atoms with van der Waals surface area (Å²) in [4.78, 5) is 28.0. The molecule has 0 bridgehead atoms. The summed E-state index contributed by atoms with van der Waals surface area (Å²) in [5.41, 5.74) is 2.24. The van der Waals surface area contributed by atoms with Gasteiger partial charge in [0.2, 0.25) is 5.91 Å². The molecule has 0 aromatic heterocycles. The van der Waals surface area contributed by atoms with Gasteiger partial charge in [-0.05, 0) is 82.0 Å². The molecule has 0 radical (unpaired) electrons. The van der Waals surface area contributed by atoms with Gasteiger partial charge in [-0.2, -0.15) is 0 Å². The second kappa shape index (κ2) is 11.4. The van der Waals surface area contributed by atoms with Crippen LogP contribution in [0.2, 0.25) is 5.02 Å². The fourth-order valence-electron chi connectivity index (χ4n) is 3.52. The molecule has 6 nitrogen and oxygen atoms in total. The highest BCUT2D eigenvalue weighted by Crippen LogP contribution is 2.26. The number of hydrogen-bond acceptors (Lipinski definition) is 4. The van der Waals surface area contributed by atoms with Gasteiger partial charge in [-0.1, -0.05) is 30.7 Å². The maximum Gasteiger partial charge on any atom is 0.261 e. The lowest BCUT2D eigenvalue weighted by atomic mass is 10.1. The molecule has 2 rings (SSSR count). The molecular weight excluding hydrogens is 440 g/mol. The molecule has 1 N–H and O–H groups in total. The van der Waals surface area contributed by atoms with Gasteiger partial charge in [0.1, 0.15) is 17.5 Å². The Bertz CT molecular complexity index is 944. The number of carbonyl (C=O) groups is 2. The quantitative estimate of drug-likeness (QED) is 0.551. The largest absolute Gasteiger partial charge is 0.497 e. The number of nitrogens with zero attached hydrogens (tertiary/aromatic N) is 1. The molecule has 1 atom stereocenters. The molecule has 180 valence electrons. The summed E-state index contributed by atoms with van der Waals surface area (Å²) < 4.78 is 11.0. The van der Waals surface area contributed by atoms with Crippen LogP contribution < -0.4 is 14.8 Å². The van der Waals surface area contributed by atoms with Crippen molar-refractivity contribution in [3.63, 3.8) is 0 Å². The normalized spacial score (nSPS) is 12.1. The van der Waals surface area contributed by atoms with E-state index in [2.05, 4.69) is 5.32 Å². The summed E-state index contributed by atoms with van der Waals surface area (Å²) in [5, 5.41) is 3.68. The zero-order valence-electron chi connectivity index (χ0n) is 20.6. The molecule has 2 aromatic carbocycles. The van der Waals surface area contributed by atoms with E-state index in [-0.39, 0.29) is 25.0 Å². The Kier molecular flexibility index (Phi) is 9.17. The summed E-state index contributed by atoms with van der Waals surface area (Å²) in [6, 6.07) is 10.4. The Balaban J connectivity index is 2.27. The van der Waals surface area contributed by atoms with Crippen LogP contribution in [-0.4, -0.2) is 42.0 Å². The summed E-state index contributed by atoms with van der Waals surface area (Å²) in [6.07, 6.45) is 0.475. The molecule has 2 aromatic rings. The van der Waals surface area contributed by atoms with Crippen LogP contribution in [-0.2, 0) is 16.1 Å². The summed E-state index contributed by atoms with van der Waals surface area (Å²) >= 11 is 6.24. The van der Waals surface area contributed by atoms with E-state index in [0.717, 1.165) is 22.4 Å². The highest BCUT2D eigenvalue weighted by atomic mass is 35.5. The van der Waals surface area contributed by atoms with Gasteiger partial charge in [0.25, 0.3) is 5.91 Å².